The van der Waals surface area contributed by atoms with Gasteiger partial charge in [0.15, 0.2) is 43.8 Å². The zero-order valence-corrected chi connectivity index (χ0v) is 39.1. The van der Waals surface area contributed by atoms with Gasteiger partial charge < -0.3 is 159 Å². The normalized spacial score (nSPS) is 51.5. The minimum absolute atomic E-state index is 0.924. The molecular weight excluding hydrogens is 1020 g/mol. The molecule has 22 heterocycles. The fraction of sp³-hybridized carbons (Fsp3) is 0.976. The third-order valence-electron chi connectivity index (χ3n) is 13.8. The average molecular weight is 1090 g/mol. The maximum Gasteiger partial charge on any atom is 0.308 e. The van der Waals surface area contributed by atoms with E-state index in [4.69, 9.17) is 61.6 Å². The summed E-state index contributed by atoms with van der Waals surface area (Å²) < 4.78 is 74.2. The summed E-state index contributed by atoms with van der Waals surface area (Å²) in [5.41, 5.74) is 0. The van der Waals surface area contributed by atoms with Crippen LogP contribution in [-0.4, -0.2) is 339 Å². The summed E-state index contributed by atoms with van der Waals surface area (Å²) in [6.45, 7) is -5.23. The first-order valence-electron chi connectivity index (χ1n) is 23.7. The molecule has 33 nitrogen and oxygen atoms in total. The van der Waals surface area contributed by atoms with Crippen molar-refractivity contribution in [3.63, 3.8) is 0 Å². The van der Waals surface area contributed by atoms with Crippen molar-refractivity contribution in [2.45, 2.75) is 210 Å². The number of carbonyl (C=O) groups excluding carboxylic acids is 1. The number of rotatable bonds is 10. The number of esters is 1. The van der Waals surface area contributed by atoms with Gasteiger partial charge in [-0.25, -0.2) is 0 Å². The highest BCUT2D eigenvalue weighted by Crippen LogP contribution is 2.38. The SMILES string of the molecule is CC(O)C(O)CC(=O)O[C@@H]1[C@@H](O)[C@H]2O[C@H]3[C@H](O)[C@@H](O)[C@@H](O[C@H]4[C@H](O)[C@@H](O)[C@@H](O[C@H]5[C@H](O)[C@@H](O)[C@@H](O[C@H]6[C@H](O)[C@@H](O)[C@@H](O[C@H]7[C@H](O)[C@@H](O)[C@@H](O[C@H]1[C@@H](CO)O2)O[C@@H]7CO)O[C@@H]6CO)O[C@@H]5CO)O[C@@H]4CO)O[C@@H]3CO. The fourth-order valence-electron chi connectivity index (χ4n) is 9.59. The second-order valence-corrected chi connectivity index (χ2v) is 18.8. The van der Waals surface area contributed by atoms with Crippen molar-refractivity contribution in [3.8, 4) is 0 Å². The Hall–Kier alpha value is -1.77. The molecule has 22 fully saturated rings. The topological polar surface area (TPSA) is 521 Å². The second-order valence-electron chi connectivity index (χ2n) is 18.8. The lowest BCUT2D eigenvalue weighted by Gasteiger charge is -2.51. The Balaban J connectivity index is 1.23. The molecule has 22 aliphatic heterocycles. The van der Waals surface area contributed by atoms with Gasteiger partial charge in [-0.15, -0.1) is 0 Å². The third kappa shape index (κ3) is 12.2. The maximum absolute atomic E-state index is 13.2. The van der Waals surface area contributed by atoms with Gasteiger partial charge in [-0.2, -0.15) is 0 Å². The van der Waals surface area contributed by atoms with Crippen LogP contribution in [0.1, 0.15) is 13.3 Å². The zero-order valence-electron chi connectivity index (χ0n) is 39.1. The van der Waals surface area contributed by atoms with Gasteiger partial charge in [-0.05, 0) is 6.92 Å². The Bertz CT molecular complexity index is 1740. The summed E-state index contributed by atoms with van der Waals surface area (Å²) in [4.78, 5) is 13.2. The van der Waals surface area contributed by atoms with Crippen LogP contribution in [0.2, 0.25) is 0 Å². The van der Waals surface area contributed by atoms with E-state index >= 15 is 0 Å². The van der Waals surface area contributed by atoms with Crippen molar-refractivity contribution in [2.24, 2.45) is 0 Å². The molecule has 430 valence electrons. The van der Waals surface area contributed by atoms with E-state index in [1.165, 1.54) is 0 Å². The maximum atomic E-state index is 13.2. The number of hydrogen-bond acceptors (Lipinski definition) is 33. The highest BCUT2D eigenvalue weighted by atomic mass is 16.8. The van der Waals surface area contributed by atoms with E-state index < -0.39 is 248 Å². The van der Waals surface area contributed by atoms with Crippen LogP contribution in [0.4, 0.5) is 0 Å². The molecular formula is C41H68O33. The van der Waals surface area contributed by atoms with Crippen LogP contribution in [0.25, 0.3) is 0 Å². The summed E-state index contributed by atoms with van der Waals surface area (Å²) in [5.74, 6) is -1.33. The van der Waals surface area contributed by atoms with E-state index in [-0.39, 0.29) is 0 Å². The molecule has 19 N–H and O–H groups in total. The molecule has 22 saturated heterocycles. The Morgan fingerprint density at radius 2 is 0.568 bits per heavy atom. The lowest BCUT2D eigenvalue weighted by atomic mass is 9.94. The van der Waals surface area contributed by atoms with Gasteiger partial charge in [0.25, 0.3) is 0 Å². The molecule has 33 heteroatoms. The molecule has 32 atom stereocenters. The van der Waals surface area contributed by atoms with Gasteiger partial charge >= 0.3 is 5.97 Å². The van der Waals surface area contributed by atoms with E-state index in [1.54, 1.807) is 0 Å². The predicted octanol–water partition coefficient (Wildman–Crippen LogP) is -13.4. The minimum atomic E-state index is -2.30. The number of aliphatic hydroxyl groups is 19. The lowest BCUT2D eigenvalue weighted by Crippen LogP contribution is -2.69. The summed E-state index contributed by atoms with van der Waals surface area (Å²) in [5, 5.41) is 207. The summed E-state index contributed by atoms with van der Waals surface area (Å²) in [6, 6.07) is 0. The first kappa shape index (κ1) is 59.9. The van der Waals surface area contributed by atoms with Crippen molar-refractivity contribution in [1.29, 1.82) is 0 Å². The van der Waals surface area contributed by atoms with Crippen LogP contribution in [0.15, 0.2) is 0 Å². The summed E-state index contributed by atoms with van der Waals surface area (Å²) >= 11 is 0. The van der Waals surface area contributed by atoms with Gasteiger partial charge in [0.05, 0.1) is 58.3 Å². The van der Waals surface area contributed by atoms with E-state index in [9.17, 15) is 102 Å². The first-order chi connectivity index (χ1) is 35.1. The number of ether oxygens (including phenoxy) is 13. The van der Waals surface area contributed by atoms with Gasteiger partial charge in [0.2, 0.25) is 0 Å². The predicted molar refractivity (Wildman–Crippen MR) is 222 cm³/mol. The molecule has 0 amide bonds. The van der Waals surface area contributed by atoms with E-state index in [2.05, 4.69) is 0 Å². The summed E-state index contributed by atoms with van der Waals surface area (Å²) in [7, 11) is 0. The molecule has 0 radical (unpaired) electrons. The molecule has 0 aliphatic carbocycles. The molecule has 0 aromatic carbocycles. The van der Waals surface area contributed by atoms with Crippen LogP contribution in [0, 0.1) is 0 Å². The molecule has 74 heavy (non-hydrogen) atoms. The molecule has 22 aliphatic rings. The largest absolute Gasteiger partial charge is 0.456 e. The van der Waals surface area contributed by atoms with Crippen molar-refractivity contribution in [2.75, 3.05) is 39.6 Å². The minimum Gasteiger partial charge on any atom is -0.456 e. The highest BCUT2D eigenvalue weighted by Gasteiger charge is 2.59. The molecule has 0 aromatic heterocycles. The van der Waals surface area contributed by atoms with E-state index in [0.717, 1.165) is 6.92 Å². The Kier molecular flexibility index (Phi) is 20.7. The lowest BCUT2D eigenvalue weighted by molar-refractivity contribution is -0.404. The Labute approximate surface area is 418 Å². The van der Waals surface area contributed by atoms with Gasteiger partial charge in [0, 0.05) is 0 Å². The molecule has 12 bridgehead atoms. The monoisotopic (exact) mass is 1090 g/mol. The Morgan fingerprint density at radius 1 is 0.351 bits per heavy atom. The van der Waals surface area contributed by atoms with Crippen molar-refractivity contribution < 1.29 is 163 Å². The van der Waals surface area contributed by atoms with Gasteiger partial charge in [-0.1, -0.05) is 0 Å². The molecule has 0 saturated carbocycles. The van der Waals surface area contributed by atoms with Gasteiger partial charge in [0.1, 0.15) is 140 Å². The smallest absolute Gasteiger partial charge is 0.308 e. The Morgan fingerprint density at radius 3 is 0.797 bits per heavy atom. The second kappa shape index (κ2) is 25.6. The van der Waals surface area contributed by atoms with Crippen LogP contribution >= 0.6 is 0 Å². The van der Waals surface area contributed by atoms with E-state index in [1.807, 2.05) is 0 Å². The zero-order chi connectivity index (χ0) is 54.2. The third-order valence-corrected chi connectivity index (χ3v) is 13.8. The van der Waals surface area contributed by atoms with E-state index in [0.29, 0.717) is 0 Å². The van der Waals surface area contributed by atoms with Crippen molar-refractivity contribution in [1.82, 2.24) is 0 Å². The van der Waals surface area contributed by atoms with Crippen LogP contribution < -0.4 is 0 Å². The molecule has 0 aromatic rings. The first-order valence-corrected chi connectivity index (χ1v) is 23.7. The standard InChI is InChI=1S/C41H68O33/c1-9(48)10(49)2-17(50)68-35-28(61)41-67-16(8-47)34(35)74-40-27(60)22(55)32(14(6-45)66-40)72-38-25(58)20(53)30(12(4-43)64-38)70-36-23(56)18(51)29(11(3-42)62-36)69-37-24(57)19(52)31(13(5-44)63-37)71-39-26(59)21(54)33(73-41)15(7-46)65-39/h9-16,18-49,51-61H,2-8H2,1H3/t9?,10?,11-,12-,13-,14-,15-,16-,18-,19-,20-,21-,22-,23-,24-,25-,26-,27-,28-,29-,30-,31-,32-,33-,34+,35-,36-,37-,38-,39-,40-,41-/m1/s1. The number of carbonyl (C=O) groups is 1. The number of aliphatic hydroxyl groups excluding tert-OH is 19. The quantitative estimate of drug-likeness (QED) is 0.0903. The van der Waals surface area contributed by atoms with Crippen LogP contribution in [0.5, 0.6) is 0 Å². The molecule has 2 unspecified atom stereocenters. The van der Waals surface area contributed by atoms with Crippen LogP contribution in [-0.2, 0) is 66.4 Å². The summed E-state index contributed by atoms with van der Waals surface area (Å²) in [6.07, 6.45) is -65.0. The molecule has 0 spiro atoms. The van der Waals surface area contributed by atoms with Gasteiger partial charge in [-0.3, -0.25) is 4.79 Å². The fourth-order valence-corrected chi connectivity index (χ4v) is 9.59. The number of hydrogen-bond donors (Lipinski definition) is 19. The average Bonchev–Trinajstić information content (AvgIpc) is 3.38. The molecule has 22 rings (SSSR count). The van der Waals surface area contributed by atoms with Crippen molar-refractivity contribution >= 4 is 5.97 Å². The highest BCUT2D eigenvalue weighted by molar-refractivity contribution is 5.70. The van der Waals surface area contributed by atoms with Crippen LogP contribution in [0.3, 0.4) is 0 Å². The van der Waals surface area contributed by atoms with Crippen molar-refractivity contribution in [3.05, 3.63) is 0 Å².